The zero-order valence-electron chi connectivity index (χ0n) is 10.9. The van der Waals surface area contributed by atoms with Crippen LogP contribution in [0, 0.1) is 0 Å². The molecule has 0 unspecified atom stereocenters. The molecule has 0 amide bonds. The predicted octanol–water partition coefficient (Wildman–Crippen LogP) is 1.64. The fourth-order valence-corrected chi connectivity index (χ4v) is 2.08. The van der Waals surface area contributed by atoms with E-state index < -0.39 is 0 Å². The van der Waals surface area contributed by atoms with Crippen LogP contribution in [0.2, 0.25) is 0 Å². The third-order valence-electron chi connectivity index (χ3n) is 2.26. The second-order valence-corrected chi connectivity index (χ2v) is 5.96. The lowest BCUT2D eigenvalue weighted by atomic mass is 9.96. The molecule has 0 aliphatic carbocycles. The molecular weight excluding hydrogens is 248 g/mol. The van der Waals surface area contributed by atoms with Crippen molar-refractivity contribution in [1.29, 1.82) is 0 Å². The number of nitrogen functional groups attached to an aromatic ring is 1. The first kappa shape index (κ1) is 12.8. The normalized spacial score (nSPS) is 11.8. The van der Waals surface area contributed by atoms with E-state index in [4.69, 9.17) is 5.73 Å². The third-order valence-corrected chi connectivity index (χ3v) is 3.23. The van der Waals surface area contributed by atoms with Crippen LogP contribution in [-0.2, 0) is 12.5 Å². The first-order valence-corrected chi connectivity index (χ1v) is 6.35. The highest BCUT2D eigenvalue weighted by molar-refractivity contribution is 7.99. The number of rotatable bonds is 2. The Bertz CT molecular complexity index is 557. The van der Waals surface area contributed by atoms with Crippen LogP contribution in [0.15, 0.2) is 22.6 Å². The third kappa shape index (κ3) is 2.79. The summed E-state index contributed by atoms with van der Waals surface area (Å²) in [7, 11) is 1.84. The molecule has 7 heteroatoms. The molecule has 0 spiro atoms. The molecule has 18 heavy (non-hydrogen) atoms. The molecule has 96 valence electrons. The van der Waals surface area contributed by atoms with Gasteiger partial charge in [0.25, 0.3) is 0 Å². The topological polar surface area (TPSA) is 82.5 Å². The van der Waals surface area contributed by atoms with Crippen molar-refractivity contribution in [1.82, 2.24) is 24.7 Å². The quantitative estimate of drug-likeness (QED) is 0.830. The van der Waals surface area contributed by atoms with Crippen LogP contribution in [-0.4, -0.2) is 24.7 Å². The highest BCUT2D eigenvalue weighted by Gasteiger charge is 2.19. The number of hydrogen-bond donors (Lipinski definition) is 1. The maximum absolute atomic E-state index is 5.82. The minimum atomic E-state index is -0.134. The van der Waals surface area contributed by atoms with Gasteiger partial charge in [-0.1, -0.05) is 20.8 Å². The van der Waals surface area contributed by atoms with E-state index in [-0.39, 0.29) is 5.41 Å². The van der Waals surface area contributed by atoms with Crippen LogP contribution in [0.25, 0.3) is 0 Å². The number of hydrogen-bond acceptors (Lipinski definition) is 6. The molecule has 0 aliphatic heterocycles. The first-order chi connectivity index (χ1) is 8.36. The van der Waals surface area contributed by atoms with Crippen LogP contribution in [0.1, 0.15) is 26.6 Å². The summed E-state index contributed by atoms with van der Waals surface area (Å²) in [6, 6.07) is 1.74. The molecule has 6 nitrogen and oxygen atoms in total. The van der Waals surface area contributed by atoms with Gasteiger partial charge in [-0.05, 0) is 11.8 Å². The Morgan fingerprint density at radius 1 is 1.28 bits per heavy atom. The van der Waals surface area contributed by atoms with Gasteiger partial charge in [0.2, 0.25) is 0 Å². The minimum absolute atomic E-state index is 0.134. The van der Waals surface area contributed by atoms with E-state index in [1.165, 1.54) is 18.1 Å². The van der Waals surface area contributed by atoms with Crippen molar-refractivity contribution in [3.05, 3.63) is 18.2 Å². The summed E-state index contributed by atoms with van der Waals surface area (Å²) in [6.45, 7) is 6.16. The van der Waals surface area contributed by atoms with Gasteiger partial charge >= 0.3 is 0 Å². The SMILES string of the molecule is Cn1ncnc1Sc1cc(N)nc(C(C)(C)C)n1. The maximum Gasteiger partial charge on any atom is 0.192 e. The Morgan fingerprint density at radius 3 is 2.56 bits per heavy atom. The Hall–Kier alpha value is -1.63. The molecule has 0 atom stereocenters. The maximum atomic E-state index is 5.82. The van der Waals surface area contributed by atoms with Gasteiger partial charge in [0, 0.05) is 18.5 Å². The van der Waals surface area contributed by atoms with Crippen molar-refractivity contribution >= 4 is 17.6 Å². The Labute approximate surface area is 110 Å². The van der Waals surface area contributed by atoms with Gasteiger partial charge < -0.3 is 5.73 Å². The van der Waals surface area contributed by atoms with Gasteiger partial charge in [0.05, 0.1) is 0 Å². The summed E-state index contributed by atoms with van der Waals surface area (Å²) in [5, 5.41) is 5.57. The highest BCUT2D eigenvalue weighted by Crippen LogP contribution is 2.27. The van der Waals surface area contributed by atoms with Crippen molar-refractivity contribution in [2.24, 2.45) is 7.05 Å². The second-order valence-electron chi connectivity index (χ2n) is 4.97. The van der Waals surface area contributed by atoms with Crippen LogP contribution in [0.4, 0.5) is 5.82 Å². The van der Waals surface area contributed by atoms with E-state index in [1.54, 1.807) is 10.7 Å². The number of aryl methyl sites for hydroxylation is 1. The molecule has 2 heterocycles. The fraction of sp³-hybridized carbons (Fsp3) is 0.455. The summed E-state index contributed by atoms with van der Waals surface area (Å²) >= 11 is 1.42. The van der Waals surface area contributed by atoms with E-state index in [0.717, 1.165) is 16.0 Å². The van der Waals surface area contributed by atoms with Crippen LogP contribution < -0.4 is 5.73 Å². The van der Waals surface area contributed by atoms with Gasteiger partial charge in [0.15, 0.2) is 5.16 Å². The number of nitrogens with two attached hydrogens (primary N) is 1. The van der Waals surface area contributed by atoms with Crippen molar-refractivity contribution in [3.8, 4) is 0 Å². The molecule has 2 aromatic rings. The summed E-state index contributed by atoms with van der Waals surface area (Å²) in [5.41, 5.74) is 5.68. The standard InChI is InChI=1S/C11H16N6S/c1-11(2,3)9-15-7(12)5-8(16-9)18-10-13-6-14-17(10)4/h5-6H,1-4H3,(H2,12,15,16). The molecule has 2 aromatic heterocycles. The largest absolute Gasteiger partial charge is 0.384 e. The second kappa shape index (κ2) is 4.56. The van der Waals surface area contributed by atoms with E-state index in [1.807, 2.05) is 7.05 Å². The molecule has 0 saturated heterocycles. The predicted molar refractivity (Wildman–Crippen MR) is 70.3 cm³/mol. The average molecular weight is 264 g/mol. The summed E-state index contributed by atoms with van der Waals surface area (Å²) in [4.78, 5) is 12.9. The minimum Gasteiger partial charge on any atom is -0.384 e. The summed E-state index contributed by atoms with van der Waals surface area (Å²) < 4.78 is 1.69. The summed E-state index contributed by atoms with van der Waals surface area (Å²) in [5.74, 6) is 1.20. The van der Waals surface area contributed by atoms with Gasteiger partial charge in [-0.2, -0.15) is 5.10 Å². The van der Waals surface area contributed by atoms with Crippen LogP contribution >= 0.6 is 11.8 Å². The van der Waals surface area contributed by atoms with Gasteiger partial charge in [-0.25, -0.2) is 19.6 Å². The van der Waals surface area contributed by atoms with Crippen molar-refractivity contribution in [2.75, 3.05) is 5.73 Å². The smallest absolute Gasteiger partial charge is 0.192 e. The summed E-state index contributed by atoms with van der Waals surface area (Å²) in [6.07, 6.45) is 1.51. The zero-order chi connectivity index (χ0) is 13.3. The lowest BCUT2D eigenvalue weighted by Gasteiger charge is -2.17. The highest BCUT2D eigenvalue weighted by atomic mass is 32.2. The molecule has 2 N–H and O–H groups in total. The van der Waals surface area contributed by atoms with E-state index in [0.29, 0.717) is 5.82 Å². The van der Waals surface area contributed by atoms with E-state index in [2.05, 4.69) is 40.8 Å². The average Bonchev–Trinajstić information content (AvgIpc) is 2.62. The number of nitrogens with zero attached hydrogens (tertiary/aromatic N) is 5. The number of aromatic nitrogens is 5. The van der Waals surface area contributed by atoms with Crippen LogP contribution in [0.3, 0.4) is 0 Å². The van der Waals surface area contributed by atoms with Gasteiger partial charge in [-0.3, -0.25) is 0 Å². The van der Waals surface area contributed by atoms with Crippen LogP contribution in [0.5, 0.6) is 0 Å². The Balaban J connectivity index is 2.35. The van der Waals surface area contributed by atoms with Gasteiger partial charge in [-0.15, -0.1) is 0 Å². The number of anilines is 1. The monoisotopic (exact) mass is 264 g/mol. The molecular formula is C11H16N6S. The Kier molecular flexibility index (Phi) is 3.25. The first-order valence-electron chi connectivity index (χ1n) is 5.53. The Morgan fingerprint density at radius 2 is 2.00 bits per heavy atom. The molecule has 0 bridgehead atoms. The lowest BCUT2D eigenvalue weighted by molar-refractivity contribution is 0.539. The zero-order valence-corrected chi connectivity index (χ0v) is 11.7. The fourth-order valence-electron chi connectivity index (χ4n) is 1.30. The van der Waals surface area contributed by atoms with Gasteiger partial charge in [0.1, 0.15) is 23.0 Å². The molecule has 0 aromatic carbocycles. The van der Waals surface area contributed by atoms with E-state index in [9.17, 15) is 0 Å². The molecule has 0 radical (unpaired) electrons. The van der Waals surface area contributed by atoms with Crippen molar-refractivity contribution in [2.45, 2.75) is 36.4 Å². The molecule has 0 fully saturated rings. The molecule has 2 rings (SSSR count). The molecule has 0 aliphatic rings. The van der Waals surface area contributed by atoms with E-state index >= 15 is 0 Å². The van der Waals surface area contributed by atoms with Crippen molar-refractivity contribution in [3.63, 3.8) is 0 Å². The van der Waals surface area contributed by atoms with Crippen molar-refractivity contribution < 1.29 is 0 Å². The lowest BCUT2D eigenvalue weighted by Crippen LogP contribution is -2.17. The molecule has 0 saturated carbocycles.